The van der Waals surface area contributed by atoms with E-state index in [0.29, 0.717) is 19.4 Å². The summed E-state index contributed by atoms with van der Waals surface area (Å²) in [6.45, 7) is 5.68. The van der Waals surface area contributed by atoms with Gasteiger partial charge in [-0.05, 0) is 51.2 Å². The van der Waals surface area contributed by atoms with Crippen molar-refractivity contribution in [1.82, 2.24) is 10.2 Å². The summed E-state index contributed by atoms with van der Waals surface area (Å²) in [5.41, 5.74) is 0.960. The van der Waals surface area contributed by atoms with Crippen LogP contribution in [0.5, 0.6) is 0 Å². The maximum atomic E-state index is 13.3. The van der Waals surface area contributed by atoms with Crippen molar-refractivity contribution >= 4 is 18.0 Å². The molecule has 8 heteroatoms. The molecule has 0 radical (unpaired) electrons. The van der Waals surface area contributed by atoms with Gasteiger partial charge in [-0.15, -0.1) is 0 Å². The van der Waals surface area contributed by atoms with Gasteiger partial charge in [0.25, 0.3) is 5.91 Å². The molecule has 1 heterocycles. The molecule has 2 amide bonds. The summed E-state index contributed by atoms with van der Waals surface area (Å²) in [6, 6.07) is 16.7. The van der Waals surface area contributed by atoms with Gasteiger partial charge in [-0.25, -0.2) is 9.59 Å². The zero-order valence-electron chi connectivity index (χ0n) is 20.5. The molecule has 2 aromatic carbocycles. The minimum atomic E-state index is -1.57. The van der Waals surface area contributed by atoms with Gasteiger partial charge in [-0.2, -0.15) is 0 Å². The van der Waals surface area contributed by atoms with Crippen LogP contribution in [0.3, 0.4) is 0 Å². The Morgan fingerprint density at radius 2 is 1.63 bits per heavy atom. The number of carbonyl (C=O) groups is 3. The first kappa shape index (κ1) is 26.2. The van der Waals surface area contributed by atoms with Gasteiger partial charge < -0.3 is 24.8 Å². The zero-order chi connectivity index (χ0) is 25.4. The summed E-state index contributed by atoms with van der Waals surface area (Å²) in [6.07, 6.45) is -1.02. The molecule has 188 valence electrons. The Morgan fingerprint density at radius 3 is 2.23 bits per heavy atom. The van der Waals surface area contributed by atoms with E-state index in [1.807, 2.05) is 60.7 Å². The third-order valence-corrected chi connectivity index (χ3v) is 5.66. The van der Waals surface area contributed by atoms with Crippen LogP contribution in [0.4, 0.5) is 4.79 Å². The van der Waals surface area contributed by atoms with Crippen molar-refractivity contribution in [1.29, 1.82) is 0 Å². The van der Waals surface area contributed by atoms with Crippen LogP contribution in [0.25, 0.3) is 0 Å². The Kier molecular flexibility index (Phi) is 8.87. The second-order valence-electron chi connectivity index (χ2n) is 9.67. The van der Waals surface area contributed by atoms with Crippen LogP contribution in [0, 0.1) is 0 Å². The lowest BCUT2D eigenvalue weighted by Gasteiger charge is -2.31. The quantitative estimate of drug-likeness (QED) is 0.560. The van der Waals surface area contributed by atoms with Crippen molar-refractivity contribution in [3.05, 3.63) is 71.8 Å². The monoisotopic (exact) mass is 482 g/mol. The highest BCUT2D eigenvalue weighted by Crippen LogP contribution is 2.23. The summed E-state index contributed by atoms with van der Waals surface area (Å²) in [4.78, 5) is 39.9. The highest BCUT2D eigenvalue weighted by molar-refractivity contribution is 5.88. The van der Waals surface area contributed by atoms with Gasteiger partial charge in [0.15, 0.2) is 6.10 Å². The molecule has 0 bridgehead atoms. The largest absolute Gasteiger partial charge is 0.458 e. The molecule has 3 atom stereocenters. The van der Waals surface area contributed by atoms with Crippen molar-refractivity contribution < 1.29 is 29.0 Å². The fourth-order valence-corrected chi connectivity index (χ4v) is 4.01. The number of aliphatic hydroxyl groups is 1. The number of esters is 1. The zero-order valence-corrected chi connectivity index (χ0v) is 20.5. The Labute approximate surface area is 206 Å². The van der Waals surface area contributed by atoms with Crippen molar-refractivity contribution in [3.63, 3.8) is 0 Å². The van der Waals surface area contributed by atoms with Crippen LogP contribution in [0.2, 0.25) is 0 Å². The van der Waals surface area contributed by atoms with Gasteiger partial charge in [0.1, 0.15) is 18.2 Å². The number of aliphatic hydroxyl groups excluding tert-OH is 1. The minimum absolute atomic E-state index is 0.0572. The number of nitrogens with zero attached hydrogens (tertiary/aromatic N) is 1. The molecule has 1 unspecified atom stereocenters. The molecule has 0 aromatic heterocycles. The lowest BCUT2D eigenvalue weighted by Crippen LogP contribution is -2.55. The van der Waals surface area contributed by atoms with Crippen LogP contribution < -0.4 is 5.32 Å². The summed E-state index contributed by atoms with van der Waals surface area (Å²) in [5, 5.41) is 13.7. The van der Waals surface area contributed by atoms with E-state index in [4.69, 9.17) is 9.47 Å². The van der Waals surface area contributed by atoms with Gasteiger partial charge >= 0.3 is 12.1 Å². The second kappa shape index (κ2) is 11.8. The summed E-state index contributed by atoms with van der Waals surface area (Å²) in [7, 11) is 0. The maximum absolute atomic E-state index is 13.3. The first-order valence-corrected chi connectivity index (χ1v) is 11.9. The first-order valence-electron chi connectivity index (χ1n) is 11.9. The van der Waals surface area contributed by atoms with E-state index in [0.717, 1.165) is 11.1 Å². The minimum Gasteiger partial charge on any atom is -0.458 e. The smallest absolute Gasteiger partial charge is 0.407 e. The lowest BCUT2D eigenvalue weighted by molar-refractivity contribution is -0.165. The number of alkyl carbamates (subject to hydrolysis) is 1. The van der Waals surface area contributed by atoms with Gasteiger partial charge in [0.05, 0.1) is 6.04 Å². The lowest BCUT2D eigenvalue weighted by atomic mass is 10.00. The predicted molar refractivity (Wildman–Crippen MR) is 130 cm³/mol. The van der Waals surface area contributed by atoms with E-state index in [2.05, 4.69) is 5.32 Å². The normalized spacial score (nSPS) is 17.4. The van der Waals surface area contributed by atoms with E-state index in [1.165, 1.54) is 4.90 Å². The van der Waals surface area contributed by atoms with Crippen molar-refractivity contribution in [3.8, 4) is 0 Å². The van der Waals surface area contributed by atoms with Crippen LogP contribution in [0.1, 0.15) is 44.7 Å². The number of nitrogens with one attached hydrogen (secondary N) is 1. The number of amides is 2. The number of benzene rings is 2. The number of carbonyl (C=O) groups excluding carboxylic acids is 3. The van der Waals surface area contributed by atoms with Crippen molar-refractivity contribution in [2.45, 2.75) is 70.4 Å². The molecule has 0 saturated carbocycles. The number of hydrogen-bond donors (Lipinski definition) is 2. The Balaban J connectivity index is 1.71. The van der Waals surface area contributed by atoms with Gasteiger partial charge in [-0.1, -0.05) is 60.7 Å². The van der Waals surface area contributed by atoms with Crippen LogP contribution in [-0.2, 0) is 32.1 Å². The molecular weight excluding hydrogens is 448 g/mol. The fourth-order valence-electron chi connectivity index (χ4n) is 4.01. The predicted octanol–water partition coefficient (Wildman–Crippen LogP) is 3.22. The van der Waals surface area contributed by atoms with Gasteiger partial charge in [0.2, 0.25) is 0 Å². The van der Waals surface area contributed by atoms with E-state index in [1.54, 1.807) is 20.8 Å². The molecular formula is C27H34N2O6. The Bertz CT molecular complexity index is 990. The van der Waals surface area contributed by atoms with Crippen LogP contribution >= 0.6 is 0 Å². The van der Waals surface area contributed by atoms with Crippen molar-refractivity contribution in [2.75, 3.05) is 6.54 Å². The fraction of sp³-hybridized carbons (Fsp3) is 0.444. The number of likely N-dealkylation sites (tertiary alicyclic amines) is 1. The number of rotatable bonds is 8. The van der Waals surface area contributed by atoms with Crippen LogP contribution in [0.15, 0.2) is 60.7 Å². The molecule has 8 nitrogen and oxygen atoms in total. The standard InChI is InChI=1S/C27H34N2O6/c1-27(2,3)35-25(32)22-15-10-16-29(22)24(31)23(30)21(17-19-11-6-4-7-12-19)28-26(33)34-18-20-13-8-5-9-14-20/h4-9,11-14,21-23,30H,10,15-18H2,1-3H3,(H,28,33)/t21-,22-,23?/m0/s1. The second-order valence-corrected chi connectivity index (χ2v) is 9.67. The molecule has 35 heavy (non-hydrogen) atoms. The molecule has 1 aliphatic rings. The molecule has 3 rings (SSSR count). The SMILES string of the molecule is CC(C)(C)OC(=O)[C@@H]1CCCN1C(=O)C(O)[C@H](Cc1ccccc1)NC(=O)OCc1ccccc1. The molecule has 1 fully saturated rings. The molecule has 1 saturated heterocycles. The third kappa shape index (κ3) is 7.82. The van der Waals surface area contributed by atoms with Crippen LogP contribution in [-0.4, -0.2) is 58.3 Å². The van der Waals surface area contributed by atoms with E-state index < -0.39 is 41.8 Å². The maximum Gasteiger partial charge on any atom is 0.407 e. The Morgan fingerprint density at radius 1 is 1.03 bits per heavy atom. The van der Waals surface area contributed by atoms with Crippen molar-refractivity contribution in [2.24, 2.45) is 0 Å². The highest BCUT2D eigenvalue weighted by atomic mass is 16.6. The van der Waals surface area contributed by atoms with Gasteiger partial charge in [-0.3, -0.25) is 4.79 Å². The topological polar surface area (TPSA) is 105 Å². The van der Waals surface area contributed by atoms with E-state index in [9.17, 15) is 19.5 Å². The molecule has 1 aliphatic heterocycles. The summed E-state index contributed by atoms with van der Waals surface area (Å²) in [5.74, 6) is -1.12. The molecule has 2 N–H and O–H groups in total. The average molecular weight is 483 g/mol. The number of hydrogen-bond acceptors (Lipinski definition) is 6. The molecule has 2 aromatic rings. The first-order chi connectivity index (χ1) is 16.6. The third-order valence-electron chi connectivity index (χ3n) is 5.66. The average Bonchev–Trinajstić information content (AvgIpc) is 3.32. The summed E-state index contributed by atoms with van der Waals surface area (Å²) >= 11 is 0. The van der Waals surface area contributed by atoms with Gasteiger partial charge in [0, 0.05) is 6.54 Å². The van der Waals surface area contributed by atoms with E-state index >= 15 is 0 Å². The number of ether oxygens (including phenoxy) is 2. The Hall–Kier alpha value is -3.39. The molecule has 0 aliphatic carbocycles. The summed E-state index contributed by atoms with van der Waals surface area (Å²) < 4.78 is 10.8. The molecule has 0 spiro atoms. The highest BCUT2D eigenvalue weighted by Gasteiger charge is 2.41. The van der Waals surface area contributed by atoms with E-state index in [-0.39, 0.29) is 13.0 Å².